The van der Waals surface area contributed by atoms with Crippen molar-refractivity contribution in [3.63, 3.8) is 0 Å². The molecule has 9 aromatic carbocycles. The number of aromatic nitrogens is 8. The monoisotopic (exact) mass is 982 g/mol. The minimum Gasteiger partial charge on any atom is -0.291 e. The van der Waals surface area contributed by atoms with Gasteiger partial charge < -0.3 is 0 Å². The average Bonchev–Trinajstić information content (AvgIpc) is 4.23. The van der Waals surface area contributed by atoms with Crippen molar-refractivity contribution in [2.45, 2.75) is 12.4 Å². The van der Waals surface area contributed by atoms with Crippen LogP contribution in [0, 0.1) is 0 Å². The SMILES string of the molecule is FC(F)(F)c1c(-n2c(-c3ccccc3)nc3ccccc32)c(-n2c(-c3ccccc3)nc3ccccc32)c(-n2c(-c3ccccc3)nc3ccccc32)c(C(F)(F)F)c1-n1c(-c2ccccc2)nc2ccccc21. The van der Waals surface area contributed by atoms with E-state index < -0.39 is 46.2 Å². The van der Waals surface area contributed by atoms with Gasteiger partial charge in [-0.3, -0.25) is 18.3 Å². The molecule has 0 aliphatic heterocycles. The minimum absolute atomic E-state index is 0.00241. The third-order valence-electron chi connectivity index (χ3n) is 13.2. The van der Waals surface area contributed by atoms with Gasteiger partial charge in [0, 0.05) is 22.3 Å². The van der Waals surface area contributed by atoms with E-state index in [1.165, 1.54) is 19.8 Å². The van der Waals surface area contributed by atoms with Gasteiger partial charge in [-0.25, -0.2) is 19.9 Å². The minimum atomic E-state index is -5.56. The Labute approximate surface area is 417 Å². The number of nitrogens with zero attached hydrogens (tertiary/aromatic N) is 8. The fourth-order valence-corrected chi connectivity index (χ4v) is 10.2. The average molecular weight is 983 g/mol. The van der Waals surface area contributed by atoms with Crippen molar-refractivity contribution < 1.29 is 26.3 Å². The van der Waals surface area contributed by atoms with E-state index in [1.807, 2.05) is 0 Å². The molecule has 8 nitrogen and oxygen atoms in total. The molecule has 0 N–H and O–H groups in total. The molecule has 0 amide bonds. The number of hydrogen-bond acceptors (Lipinski definition) is 4. The van der Waals surface area contributed by atoms with Crippen molar-refractivity contribution in [3.05, 3.63) is 230 Å². The van der Waals surface area contributed by atoms with E-state index in [4.69, 9.17) is 19.9 Å². The predicted molar refractivity (Wildman–Crippen MR) is 277 cm³/mol. The van der Waals surface area contributed by atoms with E-state index in [0.717, 1.165) is 4.57 Å². The second-order valence-electron chi connectivity index (χ2n) is 17.6. The summed E-state index contributed by atoms with van der Waals surface area (Å²) in [5, 5.41) is 0. The fourth-order valence-electron chi connectivity index (χ4n) is 10.2. The molecular weight excluding hydrogens is 947 g/mol. The number of benzene rings is 9. The molecule has 4 aromatic heterocycles. The zero-order valence-electron chi connectivity index (χ0n) is 38.6. The van der Waals surface area contributed by atoms with E-state index in [1.54, 1.807) is 212 Å². The smallest absolute Gasteiger partial charge is 0.291 e. The molecular formula is C60H36F6N8. The Balaban J connectivity index is 1.41. The molecule has 358 valence electrons. The first-order valence-electron chi connectivity index (χ1n) is 23.6. The maximum absolute atomic E-state index is 17.9. The molecule has 0 bridgehead atoms. The molecule has 13 aromatic rings. The molecule has 4 heterocycles. The largest absolute Gasteiger partial charge is 0.420 e. The summed E-state index contributed by atoms with van der Waals surface area (Å²) in [6.45, 7) is 0. The van der Waals surface area contributed by atoms with Crippen molar-refractivity contribution >= 4 is 44.1 Å². The summed E-state index contributed by atoms with van der Waals surface area (Å²) in [7, 11) is 0. The van der Waals surface area contributed by atoms with Crippen LogP contribution >= 0.6 is 0 Å². The quantitative estimate of drug-likeness (QED) is 0.142. The van der Waals surface area contributed by atoms with Gasteiger partial charge in [0.2, 0.25) is 0 Å². The van der Waals surface area contributed by atoms with Gasteiger partial charge in [0.1, 0.15) is 34.4 Å². The van der Waals surface area contributed by atoms with Crippen LogP contribution in [0.3, 0.4) is 0 Å². The third-order valence-corrected chi connectivity index (χ3v) is 13.2. The van der Waals surface area contributed by atoms with Crippen LogP contribution in [0.4, 0.5) is 26.3 Å². The van der Waals surface area contributed by atoms with Crippen LogP contribution in [0.1, 0.15) is 11.1 Å². The van der Waals surface area contributed by atoms with Crippen LogP contribution in [0.2, 0.25) is 0 Å². The van der Waals surface area contributed by atoms with Crippen molar-refractivity contribution in [1.82, 2.24) is 38.2 Å². The summed E-state index contributed by atoms with van der Waals surface area (Å²) in [5.74, 6) is 0.0117. The number of alkyl halides is 6. The number of para-hydroxylation sites is 8. The standard InChI is InChI=1S/C60H36F6N8/c61-59(62,63)49-51(71-45-33-17-13-29-41(45)67-55(71)37-21-5-1-6-22-37)50(60(64,65)66)53(73-47-35-19-15-31-43(47)69-57(73)39-25-9-3-10-26-39)54(74-48-36-20-16-32-44(48)70-58(74)40-27-11-4-12-28-40)52(49)72-46-34-18-14-30-42(46)68-56(72)38-23-7-2-8-24-38/h1-36H. The summed E-state index contributed by atoms with van der Waals surface area (Å²) in [4.78, 5) is 20.0. The molecule has 74 heavy (non-hydrogen) atoms. The van der Waals surface area contributed by atoms with Crippen LogP contribution in [0.5, 0.6) is 0 Å². The second kappa shape index (κ2) is 17.1. The van der Waals surface area contributed by atoms with E-state index in [2.05, 4.69) is 0 Å². The van der Waals surface area contributed by atoms with Gasteiger partial charge in [-0.15, -0.1) is 0 Å². The Morgan fingerprint density at radius 3 is 0.716 bits per heavy atom. The van der Waals surface area contributed by atoms with E-state index >= 15 is 26.3 Å². The van der Waals surface area contributed by atoms with Crippen molar-refractivity contribution in [3.8, 4) is 68.3 Å². The van der Waals surface area contributed by atoms with Gasteiger partial charge in [0.05, 0.1) is 66.9 Å². The first-order chi connectivity index (χ1) is 36.0. The molecule has 0 fully saturated rings. The van der Waals surface area contributed by atoms with Crippen LogP contribution < -0.4 is 0 Å². The highest BCUT2D eigenvalue weighted by molar-refractivity contribution is 5.96. The lowest BCUT2D eigenvalue weighted by molar-refractivity contribution is -0.142. The molecule has 0 saturated carbocycles. The molecule has 0 saturated heterocycles. The third kappa shape index (κ3) is 7.08. The van der Waals surface area contributed by atoms with E-state index in [9.17, 15) is 0 Å². The lowest BCUT2D eigenvalue weighted by Crippen LogP contribution is -2.27. The number of rotatable bonds is 8. The molecule has 0 radical (unpaired) electrons. The summed E-state index contributed by atoms with van der Waals surface area (Å²) in [5.41, 5.74) is -3.01. The van der Waals surface area contributed by atoms with Crippen molar-refractivity contribution in [2.75, 3.05) is 0 Å². The highest BCUT2D eigenvalue weighted by Gasteiger charge is 2.51. The van der Waals surface area contributed by atoms with Gasteiger partial charge in [-0.1, -0.05) is 170 Å². The predicted octanol–water partition coefficient (Wildman–Crippen LogP) is 15.7. The van der Waals surface area contributed by atoms with E-state index in [-0.39, 0.29) is 56.4 Å². The van der Waals surface area contributed by atoms with Crippen LogP contribution in [-0.4, -0.2) is 38.2 Å². The van der Waals surface area contributed by atoms with Crippen molar-refractivity contribution in [1.29, 1.82) is 0 Å². The molecule has 0 unspecified atom stereocenters. The first-order valence-corrected chi connectivity index (χ1v) is 23.6. The van der Waals surface area contributed by atoms with Gasteiger partial charge >= 0.3 is 12.4 Å². The Hall–Kier alpha value is -9.56. The van der Waals surface area contributed by atoms with Crippen LogP contribution in [-0.2, 0) is 12.4 Å². The fraction of sp³-hybridized carbons (Fsp3) is 0.0333. The van der Waals surface area contributed by atoms with Crippen LogP contribution in [0.15, 0.2) is 218 Å². The zero-order chi connectivity index (χ0) is 50.3. The topological polar surface area (TPSA) is 71.3 Å². The Kier molecular flexibility index (Phi) is 10.2. The van der Waals surface area contributed by atoms with E-state index in [0.29, 0.717) is 33.2 Å². The first kappa shape index (κ1) is 44.4. The molecule has 0 aliphatic rings. The van der Waals surface area contributed by atoms with Gasteiger partial charge in [-0.05, 0) is 48.5 Å². The summed E-state index contributed by atoms with van der Waals surface area (Å²) < 4.78 is 112. The van der Waals surface area contributed by atoms with Crippen LogP contribution in [0.25, 0.3) is 112 Å². The molecule has 14 heteroatoms. The normalized spacial score (nSPS) is 12.2. The van der Waals surface area contributed by atoms with Gasteiger partial charge in [0.15, 0.2) is 0 Å². The summed E-state index contributed by atoms with van der Waals surface area (Å²) in [6.07, 6.45) is -11.1. The Morgan fingerprint density at radius 1 is 0.243 bits per heavy atom. The lowest BCUT2D eigenvalue weighted by Gasteiger charge is -2.32. The lowest BCUT2D eigenvalue weighted by atomic mass is 9.95. The van der Waals surface area contributed by atoms with Crippen molar-refractivity contribution in [2.24, 2.45) is 0 Å². The molecule has 0 spiro atoms. The number of imidazole rings is 4. The summed E-state index contributed by atoms with van der Waals surface area (Å²) >= 11 is 0. The molecule has 0 atom stereocenters. The van der Waals surface area contributed by atoms with Gasteiger partial charge in [-0.2, -0.15) is 26.3 Å². The Morgan fingerprint density at radius 2 is 0.459 bits per heavy atom. The molecule has 13 rings (SSSR count). The maximum atomic E-state index is 17.9. The number of halogens is 6. The maximum Gasteiger partial charge on any atom is 0.420 e. The highest BCUT2D eigenvalue weighted by Crippen LogP contribution is 2.55. The number of fused-ring (bicyclic) bond motifs is 4. The summed E-state index contributed by atoms with van der Waals surface area (Å²) in [6, 6.07) is 60.8. The second-order valence-corrected chi connectivity index (χ2v) is 17.6. The molecule has 0 aliphatic carbocycles. The van der Waals surface area contributed by atoms with Gasteiger partial charge in [0.25, 0.3) is 0 Å². The zero-order valence-corrected chi connectivity index (χ0v) is 38.6. The highest BCUT2D eigenvalue weighted by atomic mass is 19.4. The Bertz CT molecular complexity index is 4110. The number of hydrogen-bond donors (Lipinski definition) is 0.